The quantitative estimate of drug-likeness (QED) is 0.495. The van der Waals surface area contributed by atoms with E-state index in [-0.39, 0.29) is 0 Å². The number of nitrogens with zero attached hydrogens (tertiary/aromatic N) is 1. The highest BCUT2D eigenvalue weighted by atomic mass is 16.3. The van der Waals surface area contributed by atoms with Crippen LogP contribution in [0.15, 0.2) is 53.0 Å². The van der Waals surface area contributed by atoms with Gasteiger partial charge in [0.05, 0.1) is 6.04 Å². The Morgan fingerprint density at radius 2 is 1.83 bits per heavy atom. The number of hydrogen-bond acceptors (Lipinski definition) is 2. The van der Waals surface area contributed by atoms with Gasteiger partial charge in [-0.15, -0.1) is 0 Å². The molecule has 3 atom stereocenters. The number of para-hydroxylation sites is 2. The standard InChI is InChI=1S/C21H21NO/c1-13(2)11-14-5-3-6-16-17-7-4-8-18(21(17)23-20(14)16)19-10-9-15-12-22(15)19/h3-10,13,15,19H,11-12H2,1-2H3. The Morgan fingerprint density at radius 3 is 2.52 bits per heavy atom. The molecule has 2 heteroatoms. The first-order chi connectivity index (χ1) is 11.2. The largest absolute Gasteiger partial charge is 0.455 e. The SMILES string of the molecule is CC(C)Cc1cccc2c1oc1c(C3C=CC4CN43)cccc12. The van der Waals surface area contributed by atoms with Crippen molar-refractivity contribution in [3.05, 3.63) is 59.7 Å². The summed E-state index contributed by atoms with van der Waals surface area (Å²) in [5.41, 5.74) is 4.78. The molecule has 3 unspecified atom stereocenters. The molecule has 3 heterocycles. The lowest BCUT2D eigenvalue weighted by Crippen LogP contribution is -2.04. The van der Waals surface area contributed by atoms with Gasteiger partial charge in [-0.2, -0.15) is 0 Å². The van der Waals surface area contributed by atoms with Crippen LogP contribution in [0.3, 0.4) is 0 Å². The highest BCUT2D eigenvalue weighted by Gasteiger charge is 2.42. The van der Waals surface area contributed by atoms with E-state index in [2.05, 4.69) is 67.3 Å². The van der Waals surface area contributed by atoms with Crippen molar-refractivity contribution in [2.24, 2.45) is 5.92 Å². The molecule has 1 saturated heterocycles. The first kappa shape index (κ1) is 13.4. The zero-order valence-electron chi connectivity index (χ0n) is 13.6. The van der Waals surface area contributed by atoms with Gasteiger partial charge < -0.3 is 4.42 Å². The minimum absolute atomic E-state index is 0.387. The Kier molecular flexibility index (Phi) is 2.75. The fourth-order valence-electron chi connectivity index (χ4n) is 4.02. The molecule has 1 aromatic heterocycles. The maximum atomic E-state index is 6.43. The molecule has 23 heavy (non-hydrogen) atoms. The average Bonchev–Trinajstić information content (AvgIpc) is 3.02. The van der Waals surface area contributed by atoms with Crippen LogP contribution in [-0.2, 0) is 6.42 Å². The van der Waals surface area contributed by atoms with Gasteiger partial charge >= 0.3 is 0 Å². The molecule has 1 fully saturated rings. The van der Waals surface area contributed by atoms with E-state index in [1.54, 1.807) is 0 Å². The van der Waals surface area contributed by atoms with E-state index in [1.165, 1.54) is 28.4 Å². The van der Waals surface area contributed by atoms with Gasteiger partial charge in [0.15, 0.2) is 0 Å². The second kappa shape index (κ2) is 4.72. The second-order valence-electron chi connectivity index (χ2n) is 7.31. The molecule has 0 spiro atoms. The highest BCUT2D eigenvalue weighted by Crippen LogP contribution is 2.43. The van der Waals surface area contributed by atoms with Crippen molar-refractivity contribution in [1.29, 1.82) is 0 Å². The third kappa shape index (κ3) is 1.98. The number of rotatable bonds is 3. The van der Waals surface area contributed by atoms with Crippen LogP contribution in [0.2, 0.25) is 0 Å². The Bertz CT molecular complexity index is 934. The lowest BCUT2D eigenvalue weighted by molar-refractivity contribution is 0.483. The van der Waals surface area contributed by atoms with Gasteiger partial charge in [0.25, 0.3) is 0 Å². The first-order valence-electron chi connectivity index (χ1n) is 8.59. The third-order valence-electron chi connectivity index (χ3n) is 5.15. The zero-order chi connectivity index (χ0) is 15.6. The fourth-order valence-corrected chi connectivity index (χ4v) is 4.02. The van der Waals surface area contributed by atoms with E-state index in [4.69, 9.17) is 4.42 Å². The molecular weight excluding hydrogens is 282 g/mol. The summed E-state index contributed by atoms with van der Waals surface area (Å²) in [6, 6.07) is 14.2. The maximum Gasteiger partial charge on any atom is 0.140 e. The molecule has 5 rings (SSSR count). The van der Waals surface area contributed by atoms with Crippen molar-refractivity contribution in [2.45, 2.75) is 32.4 Å². The smallest absolute Gasteiger partial charge is 0.140 e. The van der Waals surface area contributed by atoms with Gasteiger partial charge in [-0.25, -0.2) is 0 Å². The molecule has 0 radical (unpaired) electrons. The van der Waals surface area contributed by atoms with Crippen LogP contribution in [0.25, 0.3) is 21.9 Å². The van der Waals surface area contributed by atoms with Gasteiger partial charge in [0, 0.05) is 28.9 Å². The minimum Gasteiger partial charge on any atom is -0.455 e. The molecule has 2 aliphatic heterocycles. The van der Waals surface area contributed by atoms with E-state index in [1.807, 2.05) is 0 Å². The topological polar surface area (TPSA) is 16.1 Å². The number of hydrogen-bond donors (Lipinski definition) is 0. The Balaban J connectivity index is 1.74. The molecule has 2 aliphatic rings. The van der Waals surface area contributed by atoms with Gasteiger partial charge in [-0.05, 0) is 17.9 Å². The summed E-state index contributed by atoms with van der Waals surface area (Å²) < 4.78 is 6.43. The molecule has 0 aliphatic carbocycles. The molecule has 0 N–H and O–H groups in total. The molecular formula is C21H21NO. The number of furan rings is 1. The van der Waals surface area contributed by atoms with Crippen molar-refractivity contribution in [3.63, 3.8) is 0 Å². The van der Waals surface area contributed by atoms with Crippen molar-refractivity contribution < 1.29 is 4.42 Å². The van der Waals surface area contributed by atoms with Crippen molar-refractivity contribution in [3.8, 4) is 0 Å². The summed E-state index contributed by atoms with van der Waals surface area (Å²) in [5.74, 6) is 0.629. The summed E-state index contributed by atoms with van der Waals surface area (Å²) in [6.07, 6.45) is 5.71. The second-order valence-corrected chi connectivity index (χ2v) is 7.31. The van der Waals surface area contributed by atoms with Crippen LogP contribution >= 0.6 is 0 Å². The highest BCUT2D eigenvalue weighted by molar-refractivity contribution is 6.07. The molecule has 2 nitrogen and oxygen atoms in total. The van der Waals surface area contributed by atoms with Crippen molar-refractivity contribution in [1.82, 2.24) is 4.90 Å². The maximum absolute atomic E-state index is 6.43. The van der Waals surface area contributed by atoms with Crippen LogP contribution in [0.5, 0.6) is 0 Å². The zero-order valence-corrected chi connectivity index (χ0v) is 13.6. The van der Waals surface area contributed by atoms with Gasteiger partial charge in [-0.3, -0.25) is 4.90 Å². The molecule has 0 saturated carbocycles. The summed E-state index contributed by atoms with van der Waals surface area (Å²) in [6.45, 7) is 5.71. The van der Waals surface area contributed by atoms with Crippen LogP contribution < -0.4 is 0 Å². The van der Waals surface area contributed by atoms with Crippen LogP contribution in [0, 0.1) is 5.92 Å². The minimum atomic E-state index is 0.387. The molecule has 0 bridgehead atoms. The van der Waals surface area contributed by atoms with Gasteiger partial charge in [0.2, 0.25) is 0 Å². The third-order valence-corrected chi connectivity index (χ3v) is 5.15. The lowest BCUT2D eigenvalue weighted by atomic mass is 9.99. The van der Waals surface area contributed by atoms with Crippen LogP contribution in [0.1, 0.15) is 31.0 Å². The van der Waals surface area contributed by atoms with Gasteiger partial charge in [-0.1, -0.05) is 62.4 Å². The van der Waals surface area contributed by atoms with Crippen molar-refractivity contribution >= 4 is 21.9 Å². The molecule has 2 aromatic carbocycles. The fraction of sp³-hybridized carbons (Fsp3) is 0.333. The van der Waals surface area contributed by atoms with E-state index >= 15 is 0 Å². The summed E-state index contributed by atoms with van der Waals surface area (Å²) >= 11 is 0. The summed E-state index contributed by atoms with van der Waals surface area (Å²) in [4.78, 5) is 2.51. The molecule has 3 aromatic rings. The van der Waals surface area contributed by atoms with Crippen molar-refractivity contribution in [2.75, 3.05) is 6.54 Å². The predicted octanol–water partition coefficient (Wildman–Crippen LogP) is 5.08. The van der Waals surface area contributed by atoms with Crippen LogP contribution in [-0.4, -0.2) is 17.5 Å². The summed E-state index contributed by atoms with van der Waals surface area (Å²) in [7, 11) is 0. The number of benzene rings is 2. The summed E-state index contributed by atoms with van der Waals surface area (Å²) in [5, 5.41) is 2.51. The Hall–Kier alpha value is -2.06. The van der Waals surface area contributed by atoms with E-state index in [0.717, 1.165) is 17.6 Å². The van der Waals surface area contributed by atoms with E-state index in [0.29, 0.717) is 18.0 Å². The lowest BCUT2D eigenvalue weighted by Gasteiger charge is -2.12. The molecule has 0 amide bonds. The van der Waals surface area contributed by atoms with E-state index < -0.39 is 0 Å². The first-order valence-corrected chi connectivity index (χ1v) is 8.59. The number of fused-ring (bicyclic) bond motifs is 4. The normalized spacial score (nSPS) is 25.6. The molecule has 116 valence electrons. The van der Waals surface area contributed by atoms with Gasteiger partial charge in [0.1, 0.15) is 11.2 Å². The predicted molar refractivity (Wildman–Crippen MR) is 94.6 cm³/mol. The van der Waals surface area contributed by atoms with Crippen LogP contribution in [0.4, 0.5) is 0 Å². The monoisotopic (exact) mass is 303 g/mol. The average molecular weight is 303 g/mol. The Labute approximate surface area is 136 Å². The van der Waals surface area contributed by atoms with E-state index in [9.17, 15) is 0 Å². The Morgan fingerprint density at radius 1 is 1.04 bits per heavy atom.